The molecule has 1 saturated heterocycles. The molecule has 0 aromatic heterocycles. The first kappa shape index (κ1) is 7.87. The van der Waals surface area contributed by atoms with Crippen LogP contribution in [0.5, 0.6) is 0 Å². The number of hydrogen-bond donors (Lipinski definition) is 0. The monoisotopic (exact) mass is 161 g/mol. The Labute approximate surface area is 63.2 Å². The molecule has 0 aromatic carbocycles. The summed E-state index contributed by atoms with van der Waals surface area (Å²) >= 11 is 0. The zero-order valence-electron chi connectivity index (χ0n) is 6.98. The Hall–Kier alpha value is -0.230. The molecule has 60 valence electrons. The van der Waals surface area contributed by atoms with Gasteiger partial charge in [0, 0.05) is 0 Å². The Morgan fingerprint density at radius 3 is 2.30 bits per heavy atom. The third-order valence-corrected chi connectivity index (χ3v) is 3.79. The Morgan fingerprint density at radius 2 is 2.10 bits per heavy atom. The molecule has 1 heterocycles. The molecule has 0 bridgehead atoms. The molecule has 0 amide bonds. The van der Waals surface area contributed by atoms with Crippen molar-refractivity contribution in [3.8, 4) is 0 Å². The summed E-state index contributed by atoms with van der Waals surface area (Å²) in [6.45, 7) is 12.6. The molecule has 0 aromatic rings. The molecule has 0 aliphatic carbocycles. The van der Waals surface area contributed by atoms with Crippen molar-refractivity contribution in [3.05, 3.63) is 12.5 Å². The quantitative estimate of drug-likeness (QED) is 0.538. The average molecular weight is 161 g/mol. The molecule has 1 fully saturated rings. The van der Waals surface area contributed by atoms with Crippen molar-refractivity contribution in [3.63, 3.8) is 0 Å². The molecule has 1 rings (SSSR count). The molecule has 0 saturated carbocycles. The van der Waals surface area contributed by atoms with Gasteiger partial charge in [-0.05, 0) is 0 Å². The van der Waals surface area contributed by atoms with E-state index in [1.54, 1.807) is 0 Å². The van der Waals surface area contributed by atoms with Crippen LogP contribution in [0.1, 0.15) is 0 Å². The molecule has 0 unspecified atom stereocenters. The summed E-state index contributed by atoms with van der Waals surface area (Å²) in [5.74, 6) is 0.874. The van der Waals surface area contributed by atoms with E-state index in [9.17, 15) is 0 Å². The van der Waals surface area contributed by atoms with Crippen LogP contribution in [0.2, 0.25) is 0 Å². The van der Waals surface area contributed by atoms with Gasteiger partial charge in [0.1, 0.15) is 0 Å². The standard InChI is InChI=1S/C7H16NOP/c1-7-8(5-6-9-7)10(2,3)4/h10H,1,5-6H2,2-4H3. The van der Waals surface area contributed by atoms with Gasteiger partial charge in [0.15, 0.2) is 0 Å². The fourth-order valence-corrected chi connectivity index (χ4v) is 2.74. The Balaban J connectivity index is 2.64. The first-order valence-corrected chi connectivity index (χ1v) is 7.06. The normalized spacial score (nSPS) is 21.1. The van der Waals surface area contributed by atoms with Gasteiger partial charge in [0.2, 0.25) is 0 Å². The topological polar surface area (TPSA) is 12.5 Å². The molecule has 0 spiro atoms. The summed E-state index contributed by atoms with van der Waals surface area (Å²) in [6, 6.07) is 0. The van der Waals surface area contributed by atoms with E-state index in [0.29, 0.717) is 0 Å². The molecule has 1 aliphatic heterocycles. The van der Waals surface area contributed by atoms with Crippen molar-refractivity contribution in [2.45, 2.75) is 0 Å². The van der Waals surface area contributed by atoms with E-state index < -0.39 is 7.41 Å². The zero-order valence-corrected chi connectivity index (χ0v) is 7.98. The summed E-state index contributed by atoms with van der Waals surface area (Å²) in [4.78, 5) is 0. The predicted molar refractivity (Wildman–Crippen MR) is 47.9 cm³/mol. The van der Waals surface area contributed by atoms with Crippen LogP contribution in [0, 0.1) is 0 Å². The van der Waals surface area contributed by atoms with Gasteiger partial charge in [-0.25, -0.2) is 0 Å². The Morgan fingerprint density at radius 1 is 1.50 bits per heavy atom. The fraction of sp³-hybridized carbons (Fsp3) is 0.714. The molecule has 0 radical (unpaired) electrons. The second-order valence-corrected chi connectivity index (χ2v) is 8.45. The van der Waals surface area contributed by atoms with E-state index in [1.165, 1.54) is 0 Å². The van der Waals surface area contributed by atoms with Crippen LogP contribution in [0.3, 0.4) is 0 Å². The van der Waals surface area contributed by atoms with Crippen LogP contribution in [0.4, 0.5) is 0 Å². The average Bonchev–Trinajstić information content (AvgIpc) is 2.11. The summed E-state index contributed by atoms with van der Waals surface area (Å²) in [5, 5.41) is 0. The molecular weight excluding hydrogens is 145 g/mol. The van der Waals surface area contributed by atoms with Gasteiger partial charge in [0.05, 0.1) is 0 Å². The van der Waals surface area contributed by atoms with Crippen LogP contribution in [0.15, 0.2) is 12.5 Å². The van der Waals surface area contributed by atoms with Crippen molar-refractivity contribution in [2.75, 3.05) is 33.1 Å². The third-order valence-electron chi connectivity index (χ3n) is 1.69. The van der Waals surface area contributed by atoms with Crippen LogP contribution in [0.25, 0.3) is 0 Å². The van der Waals surface area contributed by atoms with Gasteiger partial charge in [-0.3, -0.25) is 0 Å². The number of rotatable bonds is 1. The molecule has 3 heteroatoms. The summed E-state index contributed by atoms with van der Waals surface area (Å²) in [5.41, 5.74) is 0. The van der Waals surface area contributed by atoms with Crippen LogP contribution < -0.4 is 0 Å². The van der Waals surface area contributed by atoms with Gasteiger partial charge in [-0.2, -0.15) is 0 Å². The Kier molecular flexibility index (Phi) is 1.91. The second kappa shape index (κ2) is 2.43. The van der Waals surface area contributed by atoms with Crippen molar-refractivity contribution in [2.24, 2.45) is 0 Å². The number of ether oxygens (including phenoxy) is 1. The predicted octanol–water partition coefficient (Wildman–Crippen LogP) is 1.34. The maximum atomic E-state index is 5.26. The number of hydrogen-bond acceptors (Lipinski definition) is 2. The molecule has 2 nitrogen and oxygen atoms in total. The zero-order chi connectivity index (χ0) is 7.78. The minimum atomic E-state index is -1.18. The van der Waals surface area contributed by atoms with Gasteiger partial charge < -0.3 is 0 Å². The summed E-state index contributed by atoms with van der Waals surface area (Å²) in [6.07, 6.45) is 0. The third kappa shape index (κ3) is 1.43. The van der Waals surface area contributed by atoms with E-state index >= 15 is 0 Å². The molecule has 0 N–H and O–H groups in total. The first-order valence-electron chi connectivity index (χ1n) is 3.61. The molecular formula is C7H16NOP. The second-order valence-electron chi connectivity index (χ2n) is 3.56. The van der Waals surface area contributed by atoms with Crippen molar-refractivity contribution >= 4 is 7.41 Å². The van der Waals surface area contributed by atoms with E-state index in [2.05, 4.69) is 31.2 Å². The minimum absolute atomic E-state index is 0.823. The van der Waals surface area contributed by atoms with E-state index in [1.807, 2.05) is 0 Å². The molecule has 0 atom stereocenters. The van der Waals surface area contributed by atoms with E-state index in [0.717, 1.165) is 19.0 Å². The van der Waals surface area contributed by atoms with E-state index in [4.69, 9.17) is 4.74 Å². The number of nitrogens with zero attached hydrogens (tertiary/aromatic N) is 1. The van der Waals surface area contributed by atoms with Crippen molar-refractivity contribution in [1.82, 2.24) is 4.67 Å². The summed E-state index contributed by atoms with van der Waals surface area (Å²) < 4.78 is 7.57. The van der Waals surface area contributed by atoms with E-state index in [-0.39, 0.29) is 0 Å². The van der Waals surface area contributed by atoms with Gasteiger partial charge in [0.25, 0.3) is 0 Å². The van der Waals surface area contributed by atoms with Gasteiger partial charge >= 0.3 is 62.4 Å². The van der Waals surface area contributed by atoms with Crippen LogP contribution in [-0.2, 0) is 4.74 Å². The van der Waals surface area contributed by atoms with Crippen molar-refractivity contribution in [1.29, 1.82) is 0 Å². The van der Waals surface area contributed by atoms with Crippen molar-refractivity contribution < 1.29 is 4.74 Å². The first-order chi connectivity index (χ1) is 4.52. The Bertz CT molecular complexity index is 150. The molecule has 1 aliphatic rings. The SMILES string of the molecule is C=C1OCCN1[PH](C)(C)C. The summed E-state index contributed by atoms with van der Waals surface area (Å²) in [7, 11) is -1.18. The fourth-order valence-electron chi connectivity index (χ4n) is 1.17. The van der Waals surface area contributed by atoms with Gasteiger partial charge in [-0.1, -0.05) is 0 Å². The molecule has 10 heavy (non-hydrogen) atoms. The van der Waals surface area contributed by atoms with Gasteiger partial charge in [-0.15, -0.1) is 0 Å². The maximum absolute atomic E-state index is 5.26. The van der Waals surface area contributed by atoms with Crippen LogP contribution >= 0.6 is 7.41 Å². The van der Waals surface area contributed by atoms with Crippen LogP contribution in [-0.4, -0.2) is 37.8 Å².